The molecular formula is C13H10N2O4. The molecule has 96 valence electrons. The summed E-state index contributed by atoms with van der Waals surface area (Å²) in [5, 5.41) is 35.4. The van der Waals surface area contributed by atoms with Gasteiger partial charge in [-0.2, -0.15) is 5.11 Å². The molecule has 0 spiro atoms. The van der Waals surface area contributed by atoms with E-state index in [9.17, 15) is 15.0 Å². The molecule has 0 amide bonds. The van der Waals surface area contributed by atoms with Gasteiger partial charge in [0.25, 0.3) is 0 Å². The molecule has 0 aliphatic heterocycles. The number of phenols is 2. The highest BCUT2D eigenvalue weighted by Crippen LogP contribution is 2.35. The molecule has 0 radical (unpaired) electrons. The Kier molecular flexibility index (Phi) is 3.42. The molecule has 0 saturated heterocycles. The molecule has 0 aromatic heterocycles. The summed E-state index contributed by atoms with van der Waals surface area (Å²) in [6.45, 7) is 0. The first-order valence-electron chi connectivity index (χ1n) is 5.34. The smallest absolute Gasteiger partial charge is 0.338 e. The Bertz CT molecular complexity index is 639. The van der Waals surface area contributed by atoms with Gasteiger partial charge in [-0.15, -0.1) is 5.11 Å². The van der Waals surface area contributed by atoms with Crippen molar-refractivity contribution in [2.75, 3.05) is 0 Å². The van der Waals surface area contributed by atoms with E-state index in [0.717, 1.165) is 12.1 Å². The van der Waals surface area contributed by atoms with Crippen molar-refractivity contribution in [1.29, 1.82) is 0 Å². The van der Waals surface area contributed by atoms with Gasteiger partial charge in [0.05, 0.1) is 11.3 Å². The third-order valence-electron chi connectivity index (χ3n) is 2.33. The van der Waals surface area contributed by atoms with Crippen molar-refractivity contribution in [2.24, 2.45) is 10.2 Å². The average Bonchev–Trinajstić information content (AvgIpc) is 2.38. The van der Waals surface area contributed by atoms with Gasteiger partial charge in [-0.3, -0.25) is 0 Å². The van der Waals surface area contributed by atoms with Crippen LogP contribution in [0.15, 0.2) is 52.7 Å². The monoisotopic (exact) mass is 258 g/mol. The van der Waals surface area contributed by atoms with Crippen molar-refractivity contribution in [3.63, 3.8) is 0 Å². The lowest BCUT2D eigenvalue weighted by molar-refractivity contribution is 0.0697. The fraction of sp³-hybridized carbons (Fsp3) is 0. The molecule has 0 aliphatic carbocycles. The third-order valence-corrected chi connectivity index (χ3v) is 2.33. The number of benzene rings is 2. The molecule has 0 fully saturated rings. The number of hydrogen-bond donors (Lipinski definition) is 3. The molecule has 0 bridgehead atoms. The van der Waals surface area contributed by atoms with Crippen LogP contribution in [0.3, 0.4) is 0 Å². The Labute approximate surface area is 108 Å². The van der Waals surface area contributed by atoms with Crippen molar-refractivity contribution >= 4 is 17.3 Å². The number of carbonyl (C=O) groups is 1. The molecule has 0 saturated carbocycles. The first-order chi connectivity index (χ1) is 9.08. The highest BCUT2D eigenvalue weighted by Gasteiger charge is 2.15. The molecule has 0 heterocycles. The largest absolute Gasteiger partial charge is 0.508 e. The molecule has 2 aromatic rings. The first-order valence-corrected chi connectivity index (χ1v) is 5.34. The third kappa shape index (κ3) is 2.86. The summed E-state index contributed by atoms with van der Waals surface area (Å²) in [4.78, 5) is 11.0. The SMILES string of the molecule is O=C(O)c1cc(O)cc(O)c1N=Nc1ccccc1. The van der Waals surface area contributed by atoms with E-state index in [4.69, 9.17) is 5.11 Å². The van der Waals surface area contributed by atoms with Crippen LogP contribution in [0, 0.1) is 0 Å². The zero-order valence-electron chi connectivity index (χ0n) is 9.69. The highest BCUT2D eigenvalue weighted by molar-refractivity contribution is 5.95. The first kappa shape index (κ1) is 12.6. The van der Waals surface area contributed by atoms with E-state index in [1.165, 1.54) is 0 Å². The molecule has 2 aromatic carbocycles. The summed E-state index contributed by atoms with van der Waals surface area (Å²) in [6, 6.07) is 10.7. The summed E-state index contributed by atoms with van der Waals surface area (Å²) < 4.78 is 0. The summed E-state index contributed by atoms with van der Waals surface area (Å²) in [6.07, 6.45) is 0. The van der Waals surface area contributed by atoms with Crippen LogP contribution in [0.1, 0.15) is 10.4 Å². The predicted octanol–water partition coefficient (Wildman–Crippen LogP) is 3.21. The number of carboxylic acids is 1. The highest BCUT2D eigenvalue weighted by atomic mass is 16.4. The second kappa shape index (κ2) is 5.18. The number of aromatic hydroxyl groups is 2. The van der Waals surface area contributed by atoms with Gasteiger partial charge in [0.1, 0.15) is 17.2 Å². The number of nitrogens with zero attached hydrogens (tertiary/aromatic N) is 2. The van der Waals surface area contributed by atoms with Crippen LogP contribution >= 0.6 is 0 Å². The Balaban J connectivity index is 2.45. The lowest BCUT2D eigenvalue weighted by Gasteiger charge is -2.03. The van der Waals surface area contributed by atoms with Gasteiger partial charge >= 0.3 is 5.97 Å². The minimum atomic E-state index is -1.31. The Hall–Kier alpha value is -2.89. The van der Waals surface area contributed by atoms with Crippen LogP contribution in [0.4, 0.5) is 11.4 Å². The molecule has 0 aliphatic rings. The number of phenolic OH excluding ortho intramolecular Hbond substituents is 2. The molecule has 3 N–H and O–H groups in total. The van der Waals surface area contributed by atoms with Crippen LogP contribution in [0.2, 0.25) is 0 Å². The topological polar surface area (TPSA) is 102 Å². The van der Waals surface area contributed by atoms with E-state index in [0.29, 0.717) is 5.69 Å². The van der Waals surface area contributed by atoms with Gasteiger partial charge in [0.15, 0.2) is 0 Å². The second-order valence-electron chi connectivity index (χ2n) is 3.70. The Morgan fingerprint density at radius 1 is 1.00 bits per heavy atom. The molecule has 0 unspecified atom stereocenters. The fourth-order valence-corrected chi connectivity index (χ4v) is 1.47. The minimum absolute atomic E-state index is 0.200. The zero-order chi connectivity index (χ0) is 13.8. The average molecular weight is 258 g/mol. The normalized spacial score (nSPS) is 10.7. The van der Waals surface area contributed by atoms with Crippen LogP contribution in [-0.4, -0.2) is 21.3 Å². The van der Waals surface area contributed by atoms with E-state index in [2.05, 4.69) is 10.2 Å². The second-order valence-corrected chi connectivity index (χ2v) is 3.70. The van der Waals surface area contributed by atoms with E-state index >= 15 is 0 Å². The molecule has 0 atom stereocenters. The fourth-order valence-electron chi connectivity index (χ4n) is 1.47. The van der Waals surface area contributed by atoms with Crippen LogP contribution in [-0.2, 0) is 0 Å². The molecule has 2 rings (SSSR count). The van der Waals surface area contributed by atoms with Gasteiger partial charge in [-0.25, -0.2) is 4.79 Å². The van der Waals surface area contributed by atoms with Crippen molar-refractivity contribution in [1.82, 2.24) is 0 Å². The van der Waals surface area contributed by atoms with Crippen LogP contribution < -0.4 is 0 Å². The van der Waals surface area contributed by atoms with Crippen molar-refractivity contribution in [2.45, 2.75) is 0 Å². The van der Waals surface area contributed by atoms with Crippen molar-refractivity contribution in [3.05, 3.63) is 48.0 Å². The summed E-state index contributed by atoms with van der Waals surface area (Å²) in [5.74, 6) is -2.11. The lowest BCUT2D eigenvalue weighted by atomic mass is 10.1. The summed E-state index contributed by atoms with van der Waals surface area (Å²) in [5.41, 5.74) is -0.00218. The molecule has 6 nitrogen and oxygen atoms in total. The number of azo groups is 1. The number of carboxylic acid groups (broad SMARTS) is 1. The van der Waals surface area contributed by atoms with Crippen molar-refractivity contribution in [3.8, 4) is 11.5 Å². The van der Waals surface area contributed by atoms with Crippen LogP contribution in [0.25, 0.3) is 0 Å². The zero-order valence-corrected chi connectivity index (χ0v) is 9.69. The maximum atomic E-state index is 11.0. The van der Waals surface area contributed by atoms with E-state index in [1.807, 2.05) is 0 Å². The molecule has 19 heavy (non-hydrogen) atoms. The standard InChI is InChI=1S/C13H10N2O4/c16-9-6-10(13(18)19)12(11(17)7-9)15-14-8-4-2-1-3-5-8/h1-7,16-17H,(H,18,19). The van der Waals surface area contributed by atoms with E-state index < -0.39 is 11.7 Å². The molecule has 6 heteroatoms. The maximum absolute atomic E-state index is 11.0. The molecular weight excluding hydrogens is 248 g/mol. The number of hydrogen-bond acceptors (Lipinski definition) is 5. The number of rotatable bonds is 3. The van der Waals surface area contributed by atoms with Gasteiger partial charge in [0.2, 0.25) is 0 Å². The summed E-state index contributed by atoms with van der Waals surface area (Å²) >= 11 is 0. The van der Waals surface area contributed by atoms with E-state index in [-0.39, 0.29) is 17.0 Å². The van der Waals surface area contributed by atoms with Crippen LogP contribution in [0.5, 0.6) is 11.5 Å². The quantitative estimate of drug-likeness (QED) is 0.735. The Morgan fingerprint density at radius 2 is 1.68 bits per heavy atom. The van der Waals surface area contributed by atoms with Gasteiger partial charge in [-0.1, -0.05) is 18.2 Å². The lowest BCUT2D eigenvalue weighted by Crippen LogP contribution is -1.96. The predicted molar refractivity (Wildman–Crippen MR) is 67.3 cm³/mol. The van der Waals surface area contributed by atoms with Gasteiger partial charge < -0.3 is 15.3 Å². The minimum Gasteiger partial charge on any atom is -0.508 e. The van der Waals surface area contributed by atoms with Gasteiger partial charge in [-0.05, 0) is 18.2 Å². The summed E-state index contributed by atoms with van der Waals surface area (Å²) in [7, 11) is 0. The Morgan fingerprint density at radius 3 is 2.32 bits per heavy atom. The maximum Gasteiger partial charge on any atom is 0.338 e. The number of aromatic carboxylic acids is 1. The van der Waals surface area contributed by atoms with E-state index in [1.54, 1.807) is 30.3 Å². The van der Waals surface area contributed by atoms with Gasteiger partial charge in [0, 0.05) is 6.07 Å². The van der Waals surface area contributed by atoms with Crippen molar-refractivity contribution < 1.29 is 20.1 Å².